The van der Waals surface area contributed by atoms with Gasteiger partial charge in [-0.2, -0.15) is 0 Å². The Hall–Kier alpha value is -3.51. The molecule has 1 unspecified atom stereocenters. The smallest absolute Gasteiger partial charge is 0.237 e. The van der Waals surface area contributed by atoms with Crippen LogP contribution < -0.4 is 10.1 Å². The van der Waals surface area contributed by atoms with Crippen molar-refractivity contribution in [1.82, 2.24) is 9.97 Å². The standard InChI is InChI=1S/C27H27N3O2S/c1-3-23(26(31)28-21-15-17-22(18-16-21)32-4-2)33-27-29-24(19-11-7-5-8-12-19)25(30-27)20-13-9-6-10-14-20/h5-18,23H,3-4H2,1-2H3,(H,28,31)(H,29,30). The van der Waals surface area contributed by atoms with Crippen LogP contribution in [0, 0.1) is 0 Å². The van der Waals surface area contributed by atoms with E-state index in [9.17, 15) is 4.79 Å². The van der Waals surface area contributed by atoms with Gasteiger partial charge in [-0.25, -0.2) is 4.98 Å². The Kier molecular flexibility index (Phi) is 7.47. The van der Waals surface area contributed by atoms with Gasteiger partial charge in [-0.15, -0.1) is 0 Å². The summed E-state index contributed by atoms with van der Waals surface area (Å²) in [7, 11) is 0. The molecule has 0 bridgehead atoms. The molecule has 0 aliphatic heterocycles. The van der Waals surface area contributed by atoms with Gasteiger partial charge < -0.3 is 15.0 Å². The number of anilines is 1. The second-order valence-electron chi connectivity index (χ2n) is 7.46. The molecule has 4 rings (SSSR count). The number of aromatic amines is 1. The lowest BCUT2D eigenvalue weighted by molar-refractivity contribution is -0.115. The summed E-state index contributed by atoms with van der Waals surface area (Å²) in [4.78, 5) is 21.3. The van der Waals surface area contributed by atoms with Gasteiger partial charge in [0.15, 0.2) is 5.16 Å². The average molecular weight is 458 g/mol. The number of aromatic nitrogens is 2. The van der Waals surface area contributed by atoms with E-state index in [1.165, 1.54) is 11.8 Å². The van der Waals surface area contributed by atoms with Crippen LogP contribution in [0.25, 0.3) is 22.5 Å². The molecular weight excluding hydrogens is 430 g/mol. The number of nitrogens with one attached hydrogen (secondary N) is 2. The van der Waals surface area contributed by atoms with E-state index in [-0.39, 0.29) is 11.2 Å². The molecule has 0 spiro atoms. The fourth-order valence-corrected chi connectivity index (χ4v) is 4.41. The van der Waals surface area contributed by atoms with Crippen LogP contribution in [-0.4, -0.2) is 27.7 Å². The van der Waals surface area contributed by atoms with Gasteiger partial charge in [0.05, 0.1) is 23.2 Å². The fraction of sp³-hybridized carbons (Fsp3) is 0.185. The first-order valence-corrected chi connectivity index (χ1v) is 12.0. The van der Waals surface area contributed by atoms with Crippen LogP contribution >= 0.6 is 11.8 Å². The third kappa shape index (κ3) is 5.65. The van der Waals surface area contributed by atoms with Crippen molar-refractivity contribution < 1.29 is 9.53 Å². The van der Waals surface area contributed by atoms with Crippen molar-refractivity contribution in [3.8, 4) is 28.3 Å². The van der Waals surface area contributed by atoms with Crippen molar-refractivity contribution in [2.75, 3.05) is 11.9 Å². The molecule has 2 N–H and O–H groups in total. The van der Waals surface area contributed by atoms with Gasteiger partial charge in [0.2, 0.25) is 5.91 Å². The second kappa shape index (κ2) is 10.9. The average Bonchev–Trinajstić information content (AvgIpc) is 3.29. The van der Waals surface area contributed by atoms with Crippen LogP contribution in [0.1, 0.15) is 20.3 Å². The third-order valence-electron chi connectivity index (χ3n) is 5.14. The maximum absolute atomic E-state index is 13.0. The van der Waals surface area contributed by atoms with Crippen molar-refractivity contribution in [1.29, 1.82) is 0 Å². The molecule has 1 aromatic heterocycles. The first-order valence-electron chi connectivity index (χ1n) is 11.1. The Balaban J connectivity index is 1.55. The number of nitrogens with zero attached hydrogens (tertiary/aromatic N) is 1. The Bertz CT molecular complexity index is 1120. The van der Waals surface area contributed by atoms with Crippen LogP contribution in [0.5, 0.6) is 5.75 Å². The number of hydrogen-bond acceptors (Lipinski definition) is 4. The summed E-state index contributed by atoms with van der Waals surface area (Å²) in [6.45, 7) is 4.56. The predicted molar refractivity (Wildman–Crippen MR) is 136 cm³/mol. The maximum Gasteiger partial charge on any atom is 0.237 e. The normalized spacial score (nSPS) is 11.7. The van der Waals surface area contributed by atoms with Gasteiger partial charge in [-0.3, -0.25) is 4.79 Å². The molecule has 1 amide bonds. The van der Waals surface area contributed by atoms with Crippen molar-refractivity contribution in [2.45, 2.75) is 30.7 Å². The number of carbonyl (C=O) groups is 1. The molecule has 0 aliphatic carbocycles. The Morgan fingerprint density at radius 1 is 0.939 bits per heavy atom. The lowest BCUT2D eigenvalue weighted by atomic mass is 10.1. The summed E-state index contributed by atoms with van der Waals surface area (Å²) in [6.07, 6.45) is 0.676. The van der Waals surface area contributed by atoms with Gasteiger partial charge >= 0.3 is 0 Å². The number of carbonyl (C=O) groups excluding carboxylic acids is 1. The predicted octanol–water partition coefficient (Wildman–Crippen LogP) is 6.65. The first-order chi connectivity index (χ1) is 16.2. The van der Waals surface area contributed by atoms with Crippen molar-refractivity contribution in [3.63, 3.8) is 0 Å². The molecule has 0 aliphatic rings. The van der Waals surface area contributed by atoms with Crippen molar-refractivity contribution in [3.05, 3.63) is 84.9 Å². The molecule has 33 heavy (non-hydrogen) atoms. The third-order valence-corrected chi connectivity index (χ3v) is 6.39. The van der Waals surface area contributed by atoms with Gasteiger partial charge in [-0.05, 0) is 37.6 Å². The van der Waals surface area contributed by atoms with Gasteiger partial charge in [0, 0.05) is 16.8 Å². The lowest BCUT2D eigenvalue weighted by Crippen LogP contribution is -2.24. The summed E-state index contributed by atoms with van der Waals surface area (Å²) in [5.41, 5.74) is 4.67. The van der Waals surface area contributed by atoms with E-state index < -0.39 is 0 Å². The molecular formula is C27H27N3O2S. The second-order valence-corrected chi connectivity index (χ2v) is 8.65. The number of hydrogen-bond donors (Lipinski definition) is 2. The van der Waals surface area contributed by atoms with Crippen LogP contribution in [0.15, 0.2) is 90.1 Å². The number of benzene rings is 3. The number of H-pyrrole nitrogens is 1. The molecule has 168 valence electrons. The number of amides is 1. The SMILES string of the molecule is CCOc1ccc(NC(=O)C(CC)Sc2nc(-c3ccccc3)c(-c3ccccc3)[nH]2)cc1. The minimum atomic E-state index is -0.282. The molecule has 4 aromatic rings. The summed E-state index contributed by atoms with van der Waals surface area (Å²) in [5.74, 6) is 0.736. The quantitative estimate of drug-likeness (QED) is 0.276. The summed E-state index contributed by atoms with van der Waals surface area (Å²) < 4.78 is 5.47. The zero-order valence-electron chi connectivity index (χ0n) is 18.7. The highest BCUT2D eigenvalue weighted by Crippen LogP contribution is 2.34. The minimum Gasteiger partial charge on any atom is -0.494 e. The van der Waals surface area contributed by atoms with E-state index >= 15 is 0 Å². The number of imidazole rings is 1. The number of rotatable bonds is 9. The molecule has 3 aromatic carbocycles. The largest absolute Gasteiger partial charge is 0.494 e. The van der Waals surface area contributed by atoms with Crippen LogP contribution in [0.3, 0.4) is 0 Å². The Morgan fingerprint density at radius 2 is 1.58 bits per heavy atom. The highest BCUT2D eigenvalue weighted by Gasteiger charge is 2.22. The van der Waals surface area contributed by atoms with Gasteiger partial charge in [0.25, 0.3) is 0 Å². The molecule has 0 fully saturated rings. The molecule has 0 saturated carbocycles. The molecule has 1 atom stereocenters. The van der Waals surface area contributed by atoms with Gasteiger partial charge in [0.1, 0.15) is 5.75 Å². The Labute approximate surface area is 198 Å². The summed E-state index contributed by atoms with van der Waals surface area (Å²) in [5, 5.41) is 3.45. The highest BCUT2D eigenvalue weighted by molar-refractivity contribution is 8.00. The minimum absolute atomic E-state index is 0.0504. The van der Waals surface area contributed by atoms with Crippen molar-refractivity contribution >= 4 is 23.4 Å². The summed E-state index contributed by atoms with van der Waals surface area (Å²) >= 11 is 1.45. The van der Waals surface area contributed by atoms with E-state index in [1.807, 2.05) is 86.6 Å². The lowest BCUT2D eigenvalue weighted by Gasteiger charge is -2.13. The van der Waals surface area contributed by atoms with Crippen LogP contribution in [0.2, 0.25) is 0 Å². The zero-order chi connectivity index (χ0) is 23.0. The van der Waals surface area contributed by atoms with Crippen molar-refractivity contribution in [2.24, 2.45) is 0 Å². The van der Waals surface area contributed by atoms with Gasteiger partial charge in [-0.1, -0.05) is 79.3 Å². The van der Waals surface area contributed by atoms with E-state index in [2.05, 4.69) is 22.4 Å². The maximum atomic E-state index is 13.0. The topological polar surface area (TPSA) is 67.0 Å². The number of ether oxygens (including phenoxy) is 1. The van der Waals surface area contributed by atoms with E-state index in [0.717, 1.165) is 39.1 Å². The molecule has 0 radical (unpaired) electrons. The zero-order valence-corrected chi connectivity index (χ0v) is 19.6. The fourth-order valence-electron chi connectivity index (χ4n) is 3.51. The van der Waals surface area contributed by atoms with E-state index in [4.69, 9.17) is 9.72 Å². The van der Waals surface area contributed by atoms with E-state index in [1.54, 1.807) is 0 Å². The number of thioether (sulfide) groups is 1. The molecule has 1 heterocycles. The molecule has 0 saturated heterocycles. The molecule has 5 nitrogen and oxygen atoms in total. The monoisotopic (exact) mass is 457 g/mol. The summed E-state index contributed by atoms with van der Waals surface area (Å²) in [6, 6.07) is 27.7. The first kappa shape index (κ1) is 22.7. The molecule has 6 heteroatoms. The van der Waals surface area contributed by atoms with E-state index in [0.29, 0.717) is 13.0 Å². The Morgan fingerprint density at radius 3 is 2.18 bits per heavy atom. The van der Waals surface area contributed by atoms with Crippen LogP contribution in [0.4, 0.5) is 5.69 Å². The highest BCUT2D eigenvalue weighted by atomic mass is 32.2. The van der Waals surface area contributed by atoms with Crippen LogP contribution in [-0.2, 0) is 4.79 Å².